The molecule has 7 nitrogen and oxygen atoms in total. The Bertz CT molecular complexity index is 1320. The lowest BCUT2D eigenvalue weighted by molar-refractivity contribution is -0.138. The molecule has 2 aromatic carbocycles. The molecular weight excluding hydrogens is 460 g/mol. The van der Waals surface area contributed by atoms with Crippen LogP contribution >= 0.6 is 0 Å². The van der Waals surface area contributed by atoms with E-state index in [1.54, 1.807) is 10.4 Å². The van der Waals surface area contributed by atoms with Crippen molar-refractivity contribution in [2.75, 3.05) is 26.2 Å². The highest BCUT2D eigenvalue weighted by Crippen LogP contribution is 2.31. The van der Waals surface area contributed by atoms with Crippen molar-refractivity contribution in [3.05, 3.63) is 59.4 Å². The first-order chi connectivity index (χ1) is 17.0. The van der Waals surface area contributed by atoms with Crippen LogP contribution in [-0.4, -0.2) is 59.7 Å². The van der Waals surface area contributed by atoms with Gasteiger partial charge in [0, 0.05) is 38.0 Å². The van der Waals surface area contributed by atoms with Crippen LogP contribution in [0.25, 0.3) is 11.0 Å². The molecule has 0 spiro atoms. The Balaban J connectivity index is 1.09. The van der Waals surface area contributed by atoms with Gasteiger partial charge in [0.1, 0.15) is 5.82 Å². The number of sulfonamides is 1. The number of H-pyrrole nitrogens is 1. The average Bonchev–Trinajstić information content (AvgIpc) is 3.55. The summed E-state index contributed by atoms with van der Waals surface area (Å²) in [5, 5.41) is 0. The van der Waals surface area contributed by atoms with Crippen molar-refractivity contribution in [3.8, 4) is 0 Å². The van der Waals surface area contributed by atoms with E-state index >= 15 is 0 Å². The molecule has 0 radical (unpaired) electrons. The van der Waals surface area contributed by atoms with Gasteiger partial charge in [-0.15, -0.1) is 0 Å². The van der Waals surface area contributed by atoms with Crippen molar-refractivity contribution in [1.82, 2.24) is 19.2 Å². The zero-order valence-electron chi connectivity index (χ0n) is 19.9. The Morgan fingerprint density at radius 3 is 2.57 bits per heavy atom. The highest BCUT2D eigenvalue weighted by Gasteiger charge is 2.36. The minimum atomic E-state index is -3.52. The number of para-hydroxylation sites is 2. The minimum Gasteiger partial charge on any atom is -0.342 e. The van der Waals surface area contributed by atoms with E-state index in [1.165, 1.54) is 11.1 Å². The maximum atomic E-state index is 13.4. The predicted molar refractivity (Wildman–Crippen MR) is 135 cm³/mol. The summed E-state index contributed by atoms with van der Waals surface area (Å²) in [5.41, 5.74) is 4.43. The number of hydrogen-bond donors (Lipinski definition) is 1. The van der Waals surface area contributed by atoms with Crippen LogP contribution in [0.4, 0.5) is 0 Å². The van der Waals surface area contributed by atoms with Gasteiger partial charge in [-0.2, -0.15) is 4.31 Å². The number of benzene rings is 2. The lowest BCUT2D eigenvalue weighted by Crippen LogP contribution is -2.47. The third-order valence-corrected chi connectivity index (χ3v) is 9.93. The number of aromatic amines is 1. The van der Waals surface area contributed by atoms with Crippen molar-refractivity contribution >= 4 is 27.0 Å². The molecule has 1 unspecified atom stereocenters. The lowest BCUT2D eigenvalue weighted by Gasteiger charge is -2.37. The van der Waals surface area contributed by atoms with Crippen LogP contribution in [0.5, 0.6) is 0 Å². The van der Waals surface area contributed by atoms with E-state index in [0.717, 1.165) is 55.5 Å². The molecule has 3 aromatic rings. The number of carbonyl (C=O) groups is 1. The first-order valence-corrected chi connectivity index (χ1v) is 14.3. The minimum absolute atomic E-state index is 0.115. The SMILES string of the molecule is O=C(C1CCN(S(=O)(=O)c2ccc3c(c2)CCC3)CC1)N1CCCC(c2nc3ccccc3[nH]2)C1. The number of hydrogen-bond acceptors (Lipinski definition) is 4. The van der Waals surface area contributed by atoms with Crippen molar-refractivity contribution in [1.29, 1.82) is 0 Å². The Morgan fingerprint density at radius 2 is 1.74 bits per heavy atom. The Labute approximate surface area is 206 Å². The van der Waals surface area contributed by atoms with Gasteiger partial charge >= 0.3 is 0 Å². The van der Waals surface area contributed by atoms with Gasteiger partial charge in [0.05, 0.1) is 15.9 Å². The number of fused-ring (bicyclic) bond motifs is 2. The van der Waals surface area contributed by atoms with Crippen molar-refractivity contribution in [2.24, 2.45) is 5.92 Å². The highest BCUT2D eigenvalue weighted by molar-refractivity contribution is 7.89. The van der Waals surface area contributed by atoms with Crippen molar-refractivity contribution < 1.29 is 13.2 Å². The van der Waals surface area contributed by atoms with Crippen LogP contribution in [0.3, 0.4) is 0 Å². The molecule has 1 aromatic heterocycles. The normalized spacial score (nSPS) is 21.9. The van der Waals surface area contributed by atoms with E-state index in [-0.39, 0.29) is 17.7 Å². The Morgan fingerprint density at radius 1 is 0.943 bits per heavy atom. The van der Waals surface area contributed by atoms with E-state index in [4.69, 9.17) is 4.98 Å². The van der Waals surface area contributed by atoms with Gasteiger partial charge in [-0.25, -0.2) is 13.4 Å². The quantitative estimate of drug-likeness (QED) is 0.599. The topological polar surface area (TPSA) is 86.4 Å². The number of nitrogens with one attached hydrogen (secondary N) is 1. The van der Waals surface area contributed by atoms with Gasteiger partial charge in [0.2, 0.25) is 15.9 Å². The maximum absolute atomic E-state index is 13.4. The number of imidazole rings is 1. The standard InChI is InChI=1S/C27H32N4O3S/c32-27(30-14-4-7-22(18-30)26-28-24-8-1-2-9-25(24)29-26)20-12-15-31(16-13-20)35(33,34)23-11-10-19-5-3-6-21(19)17-23/h1-2,8-11,17,20,22H,3-7,12-16,18H2,(H,28,29). The van der Waals surface area contributed by atoms with Gasteiger partial charge in [-0.3, -0.25) is 4.79 Å². The number of piperidine rings is 2. The second-order valence-electron chi connectivity index (χ2n) is 10.2. The van der Waals surface area contributed by atoms with Crippen LogP contribution in [-0.2, 0) is 27.7 Å². The molecule has 184 valence electrons. The van der Waals surface area contributed by atoms with Gasteiger partial charge in [-0.05, 0) is 80.3 Å². The summed E-state index contributed by atoms with van der Waals surface area (Å²) < 4.78 is 28.1. The van der Waals surface area contributed by atoms with Crippen LogP contribution < -0.4 is 0 Å². The molecule has 1 N–H and O–H groups in total. The molecule has 8 heteroatoms. The first kappa shape index (κ1) is 22.7. The second-order valence-corrected chi connectivity index (χ2v) is 12.2. The fourth-order valence-electron chi connectivity index (χ4n) is 6.03. The van der Waals surface area contributed by atoms with E-state index in [1.807, 2.05) is 41.3 Å². The van der Waals surface area contributed by atoms with Crippen LogP contribution in [0, 0.1) is 5.92 Å². The molecule has 2 aliphatic heterocycles. The van der Waals surface area contributed by atoms with Gasteiger partial charge < -0.3 is 9.88 Å². The zero-order valence-corrected chi connectivity index (χ0v) is 20.8. The number of nitrogens with zero attached hydrogens (tertiary/aromatic N) is 3. The molecule has 1 amide bonds. The number of aryl methyl sites for hydroxylation is 2. The summed E-state index contributed by atoms with van der Waals surface area (Å²) in [7, 11) is -3.52. The second kappa shape index (κ2) is 9.06. The molecule has 3 aliphatic rings. The van der Waals surface area contributed by atoms with Gasteiger partial charge in [0.25, 0.3) is 0 Å². The molecular formula is C27H32N4O3S. The summed E-state index contributed by atoms with van der Waals surface area (Å²) in [5.74, 6) is 1.22. The van der Waals surface area contributed by atoms with Crippen LogP contribution in [0.15, 0.2) is 47.4 Å². The lowest BCUT2D eigenvalue weighted by atomic mass is 9.92. The number of carbonyl (C=O) groups excluding carboxylic acids is 1. The van der Waals surface area contributed by atoms with Gasteiger partial charge in [-0.1, -0.05) is 18.2 Å². The number of aromatic nitrogens is 2. The highest BCUT2D eigenvalue weighted by atomic mass is 32.2. The summed E-state index contributed by atoms with van der Waals surface area (Å²) >= 11 is 0. The maximum Gasteiger partial charge on any atom is 0.243 e. The fraction of sp³-hybridized carbons (Fsp3) is 0.481. The molecule has 0 bridgehead atoms. The molecule has 0 saturated carbocycles. The van der Waals surface area contributed by atoms with E-state index < -0.39 is 10.0 Å². The van der Waals surface area contributed by atoms with Crippen LogP contribution in [0.1, 0.15) is 55.0 Å². The zero-order chi connectivity index (χ0) is 24.0. The predicted octanol–water partition coefficient (Wildman–Crippen LogP) is 3.86. The van der Waals surface area contributed by atoms with E-state index in [2.05, 4.69) is 4.98 Å². The molecule has 35 heavy (non-hydrogen) atoms. The summed E-state index contributed by atoms with van der Waals surface area (Å²) in [6, 6.07) is 13.6. The number of rotatable bonds is 4. The first-order valence-electron chi connectivity index (χ1n) is 12.8. The average molecular weight is 493 g/mol. The summed E-state index contributed by atoms with van der Waals surface area (Å²) in [4.78, 5) is 24.0. The third-order valence-electron chi connectivity index (χ3n) is 8.04. The van der Waals surface area contributed by atoms with E-state index in [0.29, 0.717) is 37.4 Å². The van der Waals surface area contributed by atoms with Crippen molar-refractivity contribution in [3.63, 3.8) is 0 Å². The Hall–Kier alpha value is -2.71. The third kappa shape index (κ3) is 4.27. The molecule has 1 aliphatic carbocycles. The Kier molecular flexibility index (Phi) is 5.89. The number of likely N-dealkylation sites (tertiary alicyclic amines) is 1. The molecule has 1 atom stereocenters. The van der Waals surface area contributed by atoms with Crippen molar-refractivity contribution in [2.45, 2.75) is 55.8 Å². The fourth-order valence-corrected chi connectivity index (χ4v) is 7.55. The number of amides is 1. The molecule has 3 heterocycles. The largest absolute Gasteiger partial charge is 0.342 e. The van der Waals surface area contributed by atoms with Crippen LogP contribution in [0.2, 0.25) is 0 Å². The molecule has 2 saturated heterocycles. The van der Waals surface area contributed by atoms with Gasteiger partial charge in [0.15, 0.2) is 0 Å². The summed E-state index contributed by atoms with van der Waals surface area (Å²) in [6.45, 7) is 2.24. The smallest absolute Gasteiger partial charge is 0.243 e. The van der Waals surface area contributed by atoms with E-state index in [9.17, 15) is 13.2 Å². The molecule has 2 fully saturated rings. The molecule has 6 rings (SSSR count). The summed E-state index contributed by atoms with van der Waals surface area (Å²) in [6.07, 6.45) is 6.22. The monoisotopic (exact) mass is 492 g/mol.